The number of furan rings is 1. The molecule has 0 aliphatic heterocycles. The third-order valence-electron chi connectivity index (χ3n) is 3.75. The minimum absolute atomic E-state index is 0.0920. The maximum atomic E-state index is 13.1. The Labute approximate surface area is 156 Å². The number of carbonyl (C=O) groups is 2. The Balaban J connectivity index is 1.64. The zero-order valence-corrected chi connectivity index (χ0v) is 14.1. The van der Waals surface area contributed by atoms with Crippen molar-refractivity contribution in [2.75, 3.05) is 6.61 Å². The van der Waals surface area contributed by atoms with Crippen molar-refractivity contribution in [1.29, 1.82) is 0 Å². The standard InChI is InChI=1S/C19H11F2NO6/c20-14-6-3-12(9-15(14)21)16(23)10-27-19(24)18-8-7-17(28-18)11-1-4-13(5-2-11)22(25)26/h1-9H,10H2. The second kappa shape index (κ2) is 7.78. The molecule has 142 valence electrons. The highest BCUT2D eigenvalue weighted by Gasteiger charge is 2.17. The molecule has 0 bridgehead atoms. The summed E-state index contributed by atoms with van der Waals surface area (Å²) in [5.41, 5.74) is 0.269. The van der Waals surface area contributed by atoms with Gasteiger partial charge in [-0.1, -0.05) is 0 Å². The zero-order chi connectivity index (χ0) is 20.3. The van der Waals surface area contributed by atoms with Crippen LogP contribution in [0, 0.1) is 21.7 Å². The van der Waals surface area contributed by atoms with Crippen LogP contribution in [-0.2, 0) is 4.74 Å². The van der Waals surface area contributed by atoms with Gasteiger partial charge in [-0.05, 0) is 42.5 Å². The molecule has 9 heteroatoms. The molecule has 1 heterocycles. The maximum absolute atomic E-state index is 13.1. The normalized spacial score (nSPS) is 10.5. The molecule has 0 amide bonds. The molecule has 7 nitrogen and oxygen atoms in total. The predicted octanol–water partition coefficient (Wildman–Crippen LogP) is 4.17. The van der Waals surface area contributed by atoms with E-state index in [4.69, 9.17) is 9.15 Å². The molecule has 3 aromatic rings. The summed E-state index contributed by atoms with van der Waals surface area (Å²) in [6, 6.07) is 10.9. The smallest absolute Gasteiger partial charge is 0.374 e. The fourth-order valence-corrected chi connectivity index (χ4v) is 2.31. The number of Topliss-reactive ketones (excluding diaryl/α,β-unsaturated/α-hetero) is 1. The van der Waals surface area contributed by atoms with Crippen LogP contribution >= 0.6 is 0 Å². The average molecular weight is 387 g/mol. The SMILES string of the molecule is O=C(COC(=O)c1ccc(-c2ccc([N+](=O)[O-])cc2)o1)c1ccc(F)c(F)c1. The van der Waals surface area contributed by atoms with Crippen LogP contribution in [-0.4, -0.2) is 23.3 Å². The predicted molar refractivity (Wildman–Crippen MR) is 91.8 cm³/mol. The Morgan fingerprint density at radius 2 is 1.71 bits per heavy atom. The first-order valence-corrected chi connectivity index (χ1v) is 7.85. The van der Waals surface area contributed by atoms with Crippen LogP contribution in [0.3, 0.4) is 0 Å². The largest absolute Gasteiger partial charge is 0.451 e. The molecule has 0 aliphatic carbocycles. The van der Waals surface area contributed by atoms with Gasteiger partial charge in [-0.15, -0.1) is 0 Å². The first-order valence-electron chi connectivity index (χ1n) is 7.85. The number of nitro benzene ring substituents is 1. The number of hydrogen-bond donors (Lipinski definition) is 0. The van der Waals surface area contributed by atoms with Crippen molar-refractivity contribution in [3.05, 3.63) is 87.7 Å². The molecular weight excluding hydrogens is 376 g/mol. The van der Waals surface area contributed by atoms with Crippen LogP contribution in [0.5, 0.6) is 0 Å². The lowest BCUT2D eigenvalue weighted by Crippen LogP contribution is -2.14. The van der Waals surface area contributed by atoms with Gasteiger partial charge in [0.15, 0.2) is 24.0 Å². The number of carbonyl (C=O) groups excluding carboxylic acids is 2. The summed E-state index contributed by atoms with van der Waals surface area (Å²) in [7, 11) is 0. The minimum atomic E-state index is -1.18. The van der Waals surface area contributed by atoms with Crippen LogP contribution in [0.15, 0.2) is 59.0 Å². The highest BCUT2D eigenvalue weighted by molar-refractivity contribution is 5.99. The van der Waals surface area contributed by atoms with E-state index in [1.165, 1.54) is 36.4 Å². The molecule has 0 saturated carbocycles. The molecule has 0 spiro atoms. The fraction of sp³-hybridized carbons (Fsp3) is 0.0526. The van der Waals surface area contributed by atoms with Crippen molar-refractivity contribution in [3.63, 3.8) is 0 Å². The van der Waals surface area contributed by atoms with Crippen LogP contribution in [0.25, 0.3) is 11.3 Å². The lowest BCUT2D eigenvalue weighted by molar-refractivity contribution is -0.384. The Morgan fingerprint density at radius 1 is 1.00 bits per heavy atom. The Kier molecular flexibility index (Phi) is 5.25. The summed E-state index contributed by atoms with van der Waals surface area (Å²) in [6.45, 7) is -0.683. The molecule has 0 atom stereocenters. The number of halogens is 2. The van der Waals surface area contributed by atoms with Crippen molar-refractivity contribution in [1.82, 2.24) is 0 Å². The van der Waals surface area contributed by atoms with Crippen molar-refractivity contribution in [3.8, 4) is 11.3 Å². The van der Waals surface area contributed by atoms with Gasteiger partial charge < -0.3 is 9.15 Å². The van der Waals surface area contributed by atoms with Crippen molar-refractivity contribution < 1.29 is 32.4 Å². The first kappa shape index (κ1) is 18.9. The van der Waals surface area contributed by atoms with Gasteiger partial charge in [0.2, 0.25) is 5.76 Å². The van der Waals surface area contributed by atoms with Crippen molar-refractivity contribution >= 4 is 17.4 Å². The molecular formula is C19H11F2NO6. The monoisotopic (exact) mass is 387 g/mol. The second-order valence-corrected chi connectivity index (χ2v) is 5.60. The summed E-state index contributed by atoms with van der Waals surface area (Å²) in [5, 5.41) is 10.7. The number of hydrogen-bond acceptors (Lipinski definition) is 6. The third-order valence-corrected chi connectivity index (χ3v) is 3.75. The molecule has 0 unspecified atom stereocenters. The first-order chi connectivity index (χ1) is 13.3. The van der Waals surface area contributed by atoms with E-state index in [9.17, 15) is 28.5 Å². The molecule has 0 aliphatic rings. The molecule has 1 aromatic heterocycles. The lowest BCUT2D eigenvalue weighted by atomic mass is 10.1. The second-order valence-electron chi connectivity index (χ2n) is 5.60. The highest BCUT2D eigenvalue weighted by atomic mass is 19.2. The third kappa shape index (κ3) is 4.09. The topological polar surface area (TPSA) is 99.7 Å². The molecule has 28 heavy (non-hydrogen) atoms. The summed E-state index contributed by atoms with van der Waals surface area (Å²) in [5.74, 6) is -3.84. The summed E-state index contributed by atoms with van der Waals surface area (Å²) >= 11 is 0. The summed E-state index contributed by atoms with van der Waals surface area (Å²) < 4.78 is 36.2. The van der Waals surface area contributed by atoms with E-state index in [1.807, 2.05) is 0 Å². The Morgan fingerprint density at radius 3 is 2.36 bits per heavy atom. The quantitative estimate of drug-likeness (QED) is 0.272. The van der Waals surface area contributed by atoms with E-state index < -0.39 is 34.9 Å². The molecule has 2 aromatic carbocycles. The number of non-ortho nitro benzene ring substituents is 1. The molecule has 0 radical (unpaired) electrons. The van der Waals surface area contributed by atoms with E-state index in [0.29, 0.717) is 11.6 Å². The number of benzene rings is 2. The van der Waals surface area contributed by atoms with Crippen LogP contribution in [0.1, 0.15) is 20.9 Å². The Hall–Kier alpha value is -3.88. The van der Waals surface area contributed by atoms with Gasteiger partial charge in [-0.2, -0.15) is 0 Å². The van der Waals surface area contributed by atoms with Crippen molar-refractivity contribution in [2.45, 2.75) is 0 Å². The summed E-state index contributed by atoms with van der Waals surface area (Å²) in [6.07, 6.45) is 0. The van der Waals surface area contributed by atoms with Crippen LogP contribution in [0.2, 0.25) is 0 Å². The van der Waals surface area contributed by atoms with Crippen LogP contribution in [0.4, 0.5) is 14.5 Å². The number of esters is 1. The molecule has 0 N–H and O–H groups in total. The minimum Gasteiger partial charge on any atom is -0.451 e. The van der Waals surface area contributed by atoms with Gasteiger partial charge >= 0.3 is 5.97 Å². The molecule has 3 rings (SSSR count). The molecule has 0 saturated heterocycles. The van der Waals surface area contributed by atoms with E-state index >= 15 is 0 Å². The molecule has 0 fully saturated rings. The van der Waals surface area contributed by atoms with Gasteiger partial charge in [0.05, 0.1) is 4.92 Å². The van der Waals surface area contributed by atoms with E-state index in [0.717, 1.165) is 12.1 Å². The lowest BCUT2D eigenvalue weighted by Gasteiger charge is -2.03. The van der Waals surface area contributed by atoms with Gasteiger partial charge in [-0.25, -0.2) is 13.6 Å². The number of nitrogens with zero attached hydrogens (tertiary/aromatic N) is 1. The van der Waals surface area contributed by atoms with E-state index in [-0.39, 0.29) is 22.8 Å². The zero-order valence-electron chi connectivity index (χ0n) is 14.1. The van der Waals surface area contributed by atoms with Gasteiger partial charge in [-0.3, -0.25) is 14.9 Å². The number of ether oxygens (including phenoxy) is 1. The number of ketones is 1. The number of rotatable bonds is 6. The van der Waals surface area contributed by atoms with E-state index in [1.54, 1.807) is 0 Å². The van der Waals surface area contributed by atoms with Gasteiger partial charge in [0.25, 0.3) is 5.69 Å². The maximum Gasteiger partial charge on any atom is 0.374 e. The highest BCUT2D eigenvalue weighted by Crippen LogP contribution is 2.25. The Bertz CT molecular complexity index is 1060. The van der Waals surface area contributed by atoms with Gasteiger partial charge in [0, 0.05) is 23.3 Å². The van der Waals surface area contributed by atoms with Crippen molar-refractivity contribution in [2.24, 2.45) is 0 Å². The number of nitro groups is 1. The van der Waals surface area contributed by atoms with E-state index in [2.05, 4.69) is 0 Å². The van der Waals surface area contributed by atoms with Gasteiger partial charge in [0.1, 0.15) is 5.76 Å². The average Bonchev–Trinajstić information content (AvgIpc) is 3.18. The van der Waals surface area contributed by atoms with Crippen LogP contribution < -0.4 is 0 Å². The summed E-state index contributed by atoms with van der Waals surface area (Å²) in [4.78, 5) is 34.0. The fourth-order valence-electron chi connectivity index (χ4n) is 2.31.